The van der Waals surface area contributed by atoms with E-state index in [1.165, 1.54) is 22.1 Å². The summed E-state index contributed by atoms with van der Waals surface area (Å²) in [6.45, 7) is 2.22. The minimum atomic E-state index is -0.434. The lowest BCUT2D eigenvalue weighted by atomic mass is 10.0. The summed E-state index contributed by atoms with van der Waals surface area (Å²) in [4.78, 5) is 15.1. The topological polar surface area (TPSA) is 70.9 Å². The van der Waals surface area contributed by atoms with Crippen molar-refractivity contribution in [2.45, 2.75) is 32.3 Å². The standard InChI is InChI=1S/C21H20N4OS/c1-12(26)10-22-20-19-18(23-11-24-20)16-14-8-5-9-15(14)17(25-21(16)27-19)13-6-3-2-4-7-13/h2-4,6-7,11-12,26H,5,8-10H2,1H3,(H,22,23,24)/t12-/m0/s1. The minimum absolute atomic E-state index is 0.434. The van der Waals surface area contributed by atoms with E-state index in [-0.39, 0.29) is 0 Å². The van der Waals surface area contributed by atoms with Gasteiger partial charge in [-0.2, -0.15) is 0 Å². The van der Waals surface area contributed by atoms with Gasteiger partial charge in [0.2, 0.25) is 0 Å². The first-order valence-electron chi connectivity index (χ1n) is 9.28. The molecule has 0 radical (unpaired) electrons. The van der Waals surface area contributed by atoms with Gasteiger partial charge >= 0.3 is 0 Å². The third-order valence-corrected chi connectivity index (χ3v) is 6.16. The molecule has 5 rings (SSSR count). The molecule has 0 saturated carbocycles. The zero-order valence-corrected chi connectivity index (χ0v) is 15.9. The van der Waals surface area contributed by atoms with Crippen molar-refractivity contribution in [1.82, 2.24) is 15.0 Å². The quantitative estimate of drug-likeness (QED) is 0.559. The number of anilines is 1. The summed E-state index contributed by atoms with van der Waals surface area (Å²) in [5, 5.41) is 14.0. The second-order valence-electron chi connectivity index (χ2n) is 7.05. The summed E-state index contributed by atoms with van der Waals surface area (Å²) in [5.74, 6) is 0.775. The molecule has 1 aliphatic carbocycles. The normalized spacial score (nSPS) is 14.6. The van der Waals surface area contributed by atoms with E-state index < -0.39 is 6.10 Å². The van der Waals surface area contributed by atoms with Crippen LogP contribution in [0.4, 0.5) is 5.82 Å². The molecular weight excluding hydrogens is 356 g/mol. The first-order chi connectivity index (χ1) is 13.2. The zero-order valence-electron chi connectivity index (χ0n) is 15.1. The molecule has 0 fully saturated rings. The van der Waals surface area contributed by atoms with Gasteiger partial charge in [-0.3, -0.25) is 0 Å². The van der Waals surface area contributed by atoms with Crippen LogP contribution < -0.4 is 5.32 Å². The summed E-state index contributed by atoms with van der Waals surface area (Å²) in [7, 11) is 0. The van der Waals surface area contributed by atoms with Crippen LogP contribution in [0.2, 0.25) is 0 Å². The summed E-state index contributed by atoms with van der Waals surface area (Å²) in [5.41, 5.74) is 6.02. The largest absolute Gasteiger partial charge is 0.392 e. The highest BCUT2D eigenvalue weighted by Crippen LogP contribution is 2.43. The molecular formula is C21H20N4OS. The van der Waals surface area contributed by atoms with Crippen LogP contribution in [-0.2, 0) is 12.8 Å². The predicted molar refractivity (Wildman–Crippen MR) is 110 cm³/mol. The highest BCUT2D eigenvalue weighted by atomic mass is 32.1. The lowest BCUT2D eigenvalue weighted by Crippen LogP contribution is -2.16. The monoisotopic (exact) mass is 376 g/mol. The molecule has 3 aromatic heterocycles. The van der Waals surface area contributed by atoms with Crippen LogP contribution in [0.15, 0.2) is 36.7 Å². The van der Waals surface area contributed by atoms with Crippen LogP contribution in [0.1, 0.15) is 24.5 Å². The average molecular weight is 376 g/mol. The number of aryl methyl sites for hydroxylation is 1. The maximum absolute atomic E-state index is 9.60. The van der Waals surface area contributed by atoms with E-state index in [1.807, 2.05) is 6.07 Å². The van der Waals surface area contributed by atoms with Crippen molar-refractivity contribution >= 4 is 37.6 Å². The van der Waals surface area contributed by atoms with Crippen molar-refractivity contribution in [1.29, 1.82) is 0 Å². The Hall–Kier alpha value is -2.57. The molecule has 4 aromatic rings. The number of thiophene rings is 1. The Kier molecular flexibility index (Phi) is 4.02. The molecule has 5 nitrogen and oxygen atoms in total. The average Bonchev–Trinajstić information content (AvgIpc) is 3.30. The first-order valence-corrected chi connectivity index (χ1v) is 10.1. The number of nitrogens with zero attached hydrogens (tertiary/aromatic N) is 3. The number of aliphatic hydroxyl groups excluding tert-OH is 1. The number of aliphatic hydroxyl groups is 1. The Bertz CT molecular complexity index is 1140. The first kappa shape index (κ1) is 16.6. The van der Waals surface area contributed by atoms with Crippen LogP contribution in [0.5, 0.6) is 0 Å². The Morgan fingerprint density at radius 2 is 1.96 bits per heavy atom. The van der Waals surface area contributed by atoms with Gasteiger partial charge in [0.15, 0.2) is 0 Å². The van der Waals surface area contributed by atoms with E-state index in [0.29, 0.717) is 6.54 Å². The van der Waals surface area contributed by atoms with Crippen molar-refractivity contribution in [2.24, 2.45) is 0 Å². The maximum atomic E-state index is 9.60. The van der Waals surface area contributed by atoms with Gasteiger partial charge in [0.25, 0.3) is 0 Å². The molecule has 0 spiro atoms. The van der Waals surface area contributed by atoms with Gasteiger partial charge in [-0.1, -0.05) is 30.3 Å². The fourth-order valence-corrected chi connectivity index (χ4v) is 5.03. The zero-order chi connectivity index (χ0) is 18.4. The fourth-order valence-electron chi connectivity index (χ4n) is 3.90. The lowest BCUT2D eigenvalue weighted by Gasteiger charge is -2.09. The van der Waals surface area contributed by atoms with Gasteiger partial charge in [0.05, 0.1) is 22.0 Å². The second kappa shape index (κ2) is 6.55. The van der Waals surface area contributed by atoms with Crippen molar-refractivity contribution in [2.75, 3.05) is 11.9 Å². The van der Waals surface area contributed by atoms with Gasteiger partial charge in [-0.15, -0.1) is 11.3 Å². The number of rotatable bonds is 4. The van der Waals surface area contributed by atoms with Gasteiger partial charge < -0.3 is 10.4 Å². The summed E-state index contributed by atoms with van der Waals surface area (Å²) in [6, 6.07) is 10.4. The SMILES string of the molecule is C[C@H](O)CNc1ncnc2c1sc1nc(-c3ccccc3)c3c(c12)CCC3. The smallest absolute Gasteiger partial charge is 0.147 e. The van der Waals surface area contributed by atoms with E-state index in [0.717, 1.165) is 45.8 Å². The van der Waals surface area contributed by atoms with Gasteiger partial charge in [-0.25, -0.2) is 15.0 Å². The molecule has 6 heteroatoms. The Morgan fingerprint density at radius 3 is 2.78 bits per heavy atom. The summed E-state index contributed by atoms with van der Waals surface area (Å²) >= 11 is 1.63. The van der Waals surface area contributed by atoms with E-state index in [9.17, 15) is 5.11 Å². The predicted octanol–water partition coefficient (Wildman–Crippen LogP) is 4.19. The molecule has 27 heavy (non-hydrogen) atoms. The highest BCUT2D eigenvalue weighted by Gasteiger charge is 2.24. The maximum Gasteiger partial charge on any atom is 0.147 e. The molecule has 0 bridgehead atoms. The Morgan fingerprint density at radius 1 is 1.15 bits per heavy atom. The van der Waals surface area contributed by atoms with Crippen molar-refractivity contribution in [3.8, 4) is 11.3 Å². The summed E-state index contributed by atoms with van der Waals surface area (Å²) in [6.07, 6.45) is 4.46. The molecule has 0 unspecified atom stereocenters. The number of benzene rings is 1. The molecule has 1 atom stereocenters. The number of pyridine rings is 1. The molecule has 1 aliphatic rings. The molecule has 136 valence electrons. The van der Waals surface area contributed by atoms with Crippen LogP contribution in [0.25, 0.3) is 31.7 Å². The molecule has 0 amide bonds. The van der Waals surface area contributed by atoms with Crippen LogP contribution >= 0.6 is 11.3 Å². The van der Waals surface area contributed by atoms with Gasteiger partial charge in [-0.05, 0) is 37.3 Å². The van der Waals surface area contributed by atoms with Crippen molar-refractivity contribution in [3.63, 3.8) is 0 Å². The Balaban J connectivity index is 1.76. The van der Waals surface area contributed by atoms with E-state index in [4.69, 9.17) is 4.98 Å². The number of hydrogen-bond acceptors (Lipinski definition) is 6. The molecule has 0 aliphatic heterocycles. The number of nitrogens with one attached hydrogen (secondary N) is 1. The number of fused-ring (bicyclic) bond motifs is 5. The van der Waals surface area contributed by atoms with Crippen molar-refractivity contribution < 1.29 is 5.11 Å². The van der Waals surface area contributed by atoms with Gasteiger partial charge in [0, 0.05) is 17.5 Å². The van der Waals surface area contributed by atoms with E-state index in [1.54, 1.807) is 24.6 Å². The molecule has 0 saturated heterocycles. The summed E-state index contributed by atoms with van der Waals surface area (Å²) < 4.78 is 1.01. The van der Waals surface area contributed by atoms with Crippen LogP contribution in [0, 0.1) is 0 Å². The van der Waals surface area contributed by atoms with Gasteiger partial charge in [0.1, 0.15) is 17.0 Å². The number of aromatic nitrogens is 3. The third kappa shape index (κ3) is 2.76. The fraction of sp³-hybridized carbons (Fsp3) is 0.286. The third-order valence-electron chi connectivity index (χ3n) is 5.08. The number of hydrogen-bond donors (Lipinski definition) is 2. The second-order valence-corrected chi connectivity index (χ2v) is 8.05. The lowest BCUT2D eigenvalue weighted by molar-refractivity contribution is 0.208. The molecule has 3 heterocycles. The van der Waals surface area contributed by atoms with Crippen LogP contribution in [0.3, 0.4) is 0 Å². The van der Waals surface area contributed by atoms with E-state index in [2.05, 4.69) is 39.6 Å². The highest BCUT2D eigenvalue weighted by molar-refractivity contribution is 7.26. The molecule has 2 N–H and O–H groups in total. The minimum Gasteiger partial charge on any atom is -0.392 e. The Labute approximate surface area is 161 Å². The van der Waals surface area contributed by atoms with Crippen molar-refractivity contribution in [3.05, 3.63) is 47.8 Å². The van der Waals surface area contributed by atoms with E-state index >= 15 is 0 Å². The van der Waals surface area contributed by atoms with Crippen LogP contribution in [-0.4, -0.2) is 32.7 Å². The molecule has 1 aromatic carbocycles.